The molecule has 4 rings (SSSR count). The van der Waals surface area contributed by atoms with E-state index in [0.29, 0.717) is 25.3 Å². The Kier molecular flexibility index (Phi) is 4.49. The Morgan fingerprint density at radius 2 is 2.00 bits per heavy atom. The third-order valence-electron chi connectivity index (χ3n) is 5.01. The zero-order valence-corrected chi connectivity index (χ0v) is 14.1. The Morgan fingerprint density at radius 3 is 2.84 bits per heavy atom. The Hall–Kier alpha value is -2.27. The van der Waals surface area contributed by atoms with Gasteiger partial charge >= 0.3 is 0 Å². The zero-order chi connectivity index (χ0) is 17.2. The average molecular weight is 340 g/mol. The maximum Gasteiger partial charge on any atom is 0.255 e. The van der Waals surface area contributed by atoms with Gasteiger partial charge in [0, 0.05) is 18.4 Å². The molecule has 1 aliphatic heterocycles. The van der Waals surface area contributed by atoms with Crippen LogP contribution in [0.5, 0.6) is 0 Å². The normalized spacial score (nSPS) is 20.2. The smallest absolute Gasteiger partial charge is 0.255 e. The van der Waals surface area contributed by atoms with Crippen LogP contribution in [0.4, 0.5) is 4.39 Å². The van der Waals surface area contributed by atoms with Crippen LogP contribution in [0.25, 0.3) is 0 Å². The van der Waals surface area contributed by atoms with Gasteiger partial charge in [-0.1, -0.05) is 12.1 Å². The van der Waals surface area contributed by atoms with Gasteiger partial charge in [-0.05, 0) is 55.0 Å². The number of amides is 1. The van der Waals surface area contributed by atoms with E-state index in [2.05, 4.69) is 4.98 Å². The first-order valence-electron chi connectivity index (χ1n) is 8.85. The monoisotopic (exact) mass is 340 g/mol. The molecule has 2 aromatic rings. The molecule has 1 aromatic carbocycles. The second-order valence-corrected chi connectivity index (χ2v) is 6.70. The lowest BCUT2D eigenvalue weighted by molar-refractivity contribution is -0.0228. The predicted octanol–water partition coefficient (Wildman–Crippen LogP) is 3.31. The van der Waals surface area contributed by atoms with Gasteiger partial charge in [-0.3, -0.25) is 9.78 Å². The van der Waals surface area contributed by atoms with Crippen LogP contribution in [0.15, 0.2) is 36.5 Å². The molecule has 4 nitrogen and oxygen atoms in total. The van der Waals surface area contributed by atoms with Gasteiger partial charge in [0.2, 0.25) is 0 Å². The van der Waals surface area contributed by atoms with Gasteiger partial charge < -0.3 is 9.64 Å². The van der Waals surface area contributed by atoms with Crippen molar-refractivity contribution in [1.82, 2.24) is 9.88 Å². The largest absolute Gasteiger partial charge is 0.370 e. The van der Waals surface area contributed by atoms with Gasteiger partial charge in [-0.15, -0.1) is 0 Å². The maximum atomic E-state index is 13.1. The van der Waals surface area contributed by atoms with E-state index in [9.17, 15) is 9.18 Å². The highest BCUT2D eigenvalue weighted by molar-refractivity contribution is 5.94. The molecule has 1 amide bonds. The van der Waals surface area contributed by atoms with Crippen molar-refractivity contribution in [3.63, 3.8) is 0 Å². The van der Waals surface area contributed by atoms with Gasteiger partial charge in [0.05, 0.1) is 18.7 Å². The lowest BCUT2D eigenvalue weighted by atomic mass is 9.95. The average Bonchev–Trinajstić information content (AvgIpc) is 2.68. The van der Waals surface area contributed by atoms with Crippen LogP contribution in [-0.4, -0.2) is 35.5 Å². The van der Waals surface area contributed by atoms with Crippen LogP contribution >= 0.6 is 0 Å². The van der Waals surface area contributed by atoms with E-state index in [-0.39, 0.29) is 17.8 Å². The molecule has 130 valence electrons. The number of carbonyl (C=O) groups excluding carboxylic acids is 1. The molecule has 1 atom stereocenters. The Morgan fingerprint density at radius 1 is 1.20 bits per heavy atom. The van der Waals surface area contributed by atoms with E-state index in [0.717, 1.165) is 30.5 Å². The summed E-state index contributed by atoms with van der Waals surface area (Å²) in [6.45, 7) is 1.52. The maximum absolute atomic E-state index is 13.1. The minimum Gasteiger partial charge on any atom is -0.370 e. The fourth-order valence-electron chi connectivity index (χ4n) is 3.60. The van der Waals surface area contributed by atoms with Crippen molar-refractivity contribution in [2.75, 3.05) is 19.7 Å². The fourth-order valence-corrected chi connectivity index (χ4v) is 3.60. The molecule has 0 saturated carbocycles. The van der Waals surface area contributed by atoms with Crippen LogP contribution in [0.3, 0.4) is 0 Å². The lowest BCUT2D eigenvalue weighted by Crippen LogP contribution is -2.42. The first kappa shape index (κ1) is 16.2. The molecule has 1 aliphatic carbocycles. The van der Waals surface area contributed by atoms with E-state index in [1.54, 1.807) is 18.3 Å². The van der Waals surface area contributed by atoms with Gasteiger partial charge in [0.15, 0.2) is 0 Å². The standard InChI is InChI=1S/C20H21FN2O2/c21-17-7-5-14(6-8-17)19-13-23(9-10-25-19)20(24)16-11-15-3-1-2-4-18(15)22-12-16/h5-8,11-12,19H,1-4,9-10,13H2. The number of benzene rings is 1. The molecule has 0 radical (unpaired) electrons. The molecule has 0 bridgehead atoms. The van der Waals surface area contributed by atoms with Crippen molar-refractivity contribution in [1.29, 1.82) is 0 Å². The second-order valence-electron chi connectivity index (χ2n) is 6.70. The first-order valence-corrected chi connectivity index (χ1v) is 8.85. The van der Waals surface area contributed by atoms with Crippen molar-refractivity contribution in [2.45, 2.75) is 31.8 Å². The third kappa shape index (κ3) is 3.42. The molecule has 0 N–H and O–H groups in total. The molecule has 0 spiro atoms. The SMILES string of the molecule is O=C(c1cnc2c(c1)CCCC2)N1CCOC(c2ccc(F)cc2)C1. The van der Waals surface area contributed by atoms with Gasteiger partial charge in [-0.2, -0.15) is 0 Å². The summed E-state index contributed by atoms with van der Waals surface area (Å²) in [6.07, 6.45) is 5.84. The highest BCUT2D eigenvalue weighted by Crippen LogP contribution is 2.25. The molecule has 1 aromatic heterocycles. The number of halogens is 1. The van der Waals surface area contributed by atoms with E-state index >= 15 is 0 Å². The first-order chi connectivity index (χ1) is 12.2. The van der Waals surface area contributed by atoms with Crippen molar-refractivity contribution >= 4 is 5.91 Å². The number of carbonyl (C=O) groups is 1. The summed E-state index contributed by atoms with van der Waals surface area (Å²) < 4.78 is 18.9. The number of morpholine rings is 1. The number of rotatable bonds is 2. The number of nitrogens with zero attached hydrogens (tertiary/aromatic N) is 2. The molecule has 1 saturated heterocycles. The van der Waals surface area contributed by atoms with Crippen LogP contribution in [-0.2, 0) is 17.6 Å². The van der Waals surface area contributed by atoms with Crippen molar-refractivity contribution in [2.24, 2.45) is 0 Å². The van der Waals surface area contributed by atoms with Crippen molar-refractivity contribution in [3.05, 3.63) is 64.7 Å². The number of fused-ring (bicyclic) bond motifs is 1. The second kappa shape index (κ2) is 6.92. The Labute approximate surface area is 146 Å². The molecular weight excluding hydrogens is 319 g/mol. The summed E-state index contributed by atoms with van der Waals surface area (Å²) in [5.74, 6) is -0.274. The molecular formula is C20H21FN2O2. The highest BCUT2D eigenvalue weighted by atomic mass is 19.1. The third-order valence-corrected chi connectivity index (χ3v) is 5.01. The number of pyridine rings is 1. The van der Waals surface area contributed by atoms with Gasteiger partial charge in [0.25, 0.3) is 5.91 Å². The number of aryl methyl sites for hydroxylation is 2. The van der Waals surface area contributed by atoms with E-state index in [1.807, 2.05) is 11.0 Å². The van der Waals surface area contributed by atoms with E-state index in [4.69, 9.17) is 4.74 Å². The summed E-state index contributed by atoms with van der Waals surface area (Å²) in [6, 6.07) is 8.29. The topological polar surface area (TPSA) is 42.4 Å². The van der Waals surface area contributed by atoms with Crippen molar-refractivity contribution in [3.8, 4) is 0 Å². The highest BCUT2D eigenvalue weighted by Gasteiger charge is 2.27. The molecule has 5 heteroatoms. The summed E-state index contributed by atoms with van der Waals surface area (Å²) in [7, 11) is 0. The molecule has 1 unspecified atom stereocenters. The quantitative estimate of drug-likeness (QED) is 0.842. The Bertz CT molecular complexity index is 776. The number of ether oxygens (including phenoxy) is 1. The van der Waals surface area contributed by atoms with E-state index < -0.39 is 0 Å². The van der Waals surface area contributed by atoms with Crippen LogP contribution in [0, 0.1) is 5.82 Å². The Balaban J connectivity index is 1.51. The predicted molar refractivity (Wildman–Crippen MR) is 91.9 cm³/mol. The summed E-state index contributed by atoms with van der Waals surface area (Å²) >= 11 is 0. The summed E-state index contributed by atoms with van der Waals surface area (Å²) in [5, 5.41) is 0. The zero-order valence-electron chi connectivity index (χ0n) is 14.1. The number of hydrogen-bond acceptors (Lipinski definition) is 3. The van der Waals surface area contributed by atoms with Gasteiger partial charge in [0.1, 0.15) is 11.9 Å². The van der Waals surface area contributed by atoms with Gasteiger partial charge in [-0.25, -0.2) is 4.39 Å². The molecule has 1 fully saturated rings. The fraction of sp³-hybridized carbons (Fsp3) is 0.400. The molecule has 2 aliphatic rings. The molecule has 25 heavy (non-hydrogen) atoms. The van der Waals surface area contributed by atoms with Crippen LogP contribution in [0.1, 0.15) is 46.1 Å². The van der Waals surface area contributed by atoms with E-state index in [1.165, 1.54) is 24.1 Å². The van der Waals surface area contributed by atoms with Crippen LogP contribution in [0.2, 0.25) is 0 Å². The minimum atomic E-state index is -0.271. The van der Waals surface area contributed by atoms with Crippen molar-refractivity contribution < 1.29 is 13.9 Å². The lowest BCUT2D eigenvalue weighted by Gasteiger charge is -2.33. The summed E-state index contributed by atoms with van der Waals surface area (Å²) in [4.78, 5) is 19.2. The number of hydrogen-bond donors (Lipinski definition) is 0. The summed E-state index contributed by atoms with van der Waals surface area (Å²) in [5.41, 5.74) is 3.89. The number of aromatic nitrogens is 1. The van der Waals surface area contributed by atoms with Crippen LogP contribution < -0.4 is 0 Å². The molecule has 2 heterocycles. The minimum absolute atomic E-state index is 0.00344.